The van der Waals surface area contributed by atoms with E-state index < -0.39 is 0 Å². The zero-order valence-electron chi connectivity index (χ0n) is 7.11. The van der Waals surface area contributed by atoms with Gasteiger partial charge in [0.05, 0.1) is 11.4 Å². The fourth-order valence-corrected chi connectivity index (χ4v) is 2.00. The number of hydrogen-bond acceptors (Lipinski definition) is 2. The molecule has 4 heteroatoms. The molecular formula is C10H6I2N2. The van der Waals surface area contributed by atoms with E-state index in [-0.39, 0.29) is 0 Å². The Kier molecular flexibility index (Phi) is 3.32. The summed E-state index contributed by atoms with van der Waals surface area (Å²) in [6.07, 6.45) is 3.61. The number of halogens is 2. The van der Waals surface area contributed by atoms with Crippen molar-refractivity contribution >= 4 is 45.2 Å². The molecule has 0 amide bonds. The van der Waals surface area contributed by atoms with Crippen molar-refractivity contribution in [1.29, 1.82) is 0 Å². The van der Waals surface area contributed by atoms with Gasteiger partial charge in [0.2, 0.25) is 0 Å². The van der Waals surface area contributed by atoms with Gasteiger partial charge in [-0.1, -0.05) is 0 Å². The van der Waals surface area contributed by atoms with E-state index in [0.29, 0.717) is 0 Å². The molecule has 0 aromatic carbocycles. The van der Waals surface area contributed by atoms with Gasteiger partial charge in [0.15, 0.2) is 0 Å². The molecular weight excluding hydrogens is 402 g/mol. The number of pyridine rings is 2. The molecule has 2 nitrogen and oxygen atoms in total. The van der Waals surface area contributed by atoms with Crippen molar-refractivity contribution in [3.05, 3.63) is 43.8 Å². The SMILES string of the molecule is Ic1ccnc(-c2cc(I)ccn2)c1. The first-order chi connectivity index (χ1) is 6.75. The molecule has 0 radical (unpaired) electrons. The van der Waals surface area contributed by atoms with Crippen LogP contribution in [-0.2, 0) is 0 Å². The van der Waals surface area contributed by atoms with Crippen molar-refractivity contribution in [3.63, 3.8) is 0 Å². The van der Waals surface area contributed by atoms with Gasteiger partial charge in [0, 0.05) is 19.5 Å². The smallest absolute Gasteiger partial charge is 0.0897 e. The highest BCUT2D eigenvalue weighted by Crippen LogP contribution is 2.17. The summed E-state index contributed by atoms with van der Waals surface area (Å²) < 4.78 is 2.35. The molecule has 2 heterocycles. The third-order valence-corrected chi connectivity index (χ3v) is 3.05. The zero-order valence-corrected chi connectivity index (χ0v) is 11.4. The Morgan fingerprint density at radius 1 is 0.786 bits per heavy atom. The summed E-state index contributed by atoms with van der Waals surface area (Å²) in [4.78, 5) is 8.56. The number of nitrogens with zero attached hydrogens (tertiary/aromatic N) is 2. The second-order valence-electron chi connectivity index (χ2n) is 2.72. The van der Waals surface area contributed by atoms with E-state index in [0.717, 1.165) is 11.4 Å². The Morgan fingerprint density at radius 3 is 1.57 bits per heavy atom. The van der Waals surface area contributed by atoms with Gasteiger partial charge in [0.1, 0.15) is 0 Å². The van der Waals surface area contributed by atoms with Crippen LogP contribution in [0.4, 0.5) is 0 Å². The third-order valence-electron chi connectivity index (χ3n) is 1.71. The second kappa shape index (κ2) is 4.52. The van der Waals surface area contributed by atoms with Crippen molar-refractivity contribution in [3.8, 4) is 11.4 Å². The summed E-state index contributed by atoms with van der Waals surface area (Å²) in [6, 6.07) is 7.99. The van der Waals surface area contributed by atoms with Crippen LogP contribution in [0.15, 0.2) is 36.7 Å². The fourth-order valence-electron chi connectivity index (χ4n) is 1.09. The highest BCUT2D eigenvalue weighted by Gasteiger charge is 2.01. The molecule has 0 saturated carbocycles. The Morgan fingerprint density at radius 2 is 1.21 bits per heavy atom. The Hall–Kier alpha value is -0.240. The molecule has 0 unspecified atom stereocenters. The van der Waals surface area contributed by atoms with E-state index in [2.05, 4.69) is 55.1 Å². The van der Waals surface area contributed by atoms with Gasteiger partial charge >= 0.3 is 0 Å². The normalized spacial score (nSPS) is 10.1. The van der Waals surface area contributed by atoms with Gasteiger partial charge in [-0.3, -0.25) is 9.97 Å². The monoisotopic (exact) mass is 408 g/mol. The summed E-state index contributed by atoms with van der Waals surface area (Å²) in [5.74, 6) is 0. The lowest BCUT2D eigenvalue weighted by molar-refractivity contribution is 1.23. The van der Waals surface area contributed by atoms with E-state index in [9.17, 15) is 0 Å². The lowest BCUT2D eigenvalue weighted by Crippen LogP contribution is -1.88. The molecule has 0 bridgehead atoms. The van der Waals surface area contributed by atoms with Crippen LogP contribution in [0.3, 0.4) is 0 Å². The quantitative estimate of drug-likeness (QED) is 0.677. The predicted octanol–water partition coefficient (Wildman–Crippen LogP) is 3.35. The van der Waals surface area contributed by atoms with Crippen LogP contribution >= 0.6 is 45.2 Å². The zero-order chi connectivity index (χ0) is 9.97. The van der Waals surface area contributed by atoms with Gasteiger partial charge in [-0.15, -0.1) is 0 Å². The Balaban J connectivity index is 2.49. The van der Waals surface area contributed by atoms with E-state index in [4.69, 9.17) is 0 Å². The summed E-state index contributed by atoms with van der Waals surface area (Å²) >= 11 is 4.54. The van der Waals surface area contributed by atoms with Gasteiger partial charge in [-0.25, -0.2) is 0 Å². The third kappa shape index (κ3) is 2.41. The second-order valence-corrected chi connectivity index (χ2v) is 5.21. The van der Waals surface area contributed by atoms with E-state index in [1.807, 2.05) is 24.3 Å². The maximum absolute atomic E-state index is 4.28. The minimum atomic E-state index is 0.926. The van der Waals surface area contributed by atoms with Crippen LogP contribution in [0.1, 0.15) is 0 Å². The highest BCUT2D eigenvalue weighted by atomic mass is 127. The van der Waals surface area contributed by atoms with E-state index in [1.54, 1.807) is 12.4 Å². The first kappa shape index (κ1) is 10.3. The number of rotatable bonds is 1. The molecule has 0 saturated heterocycles. The summed E-state index contributed by atoms with van der Waals surface area (Å²) in [5, 5.41) is 0. The highest BCUT2D eigenvalue weighted by molar-refractivity contribution is 14.1. The average Bonchev–Trinajstić information content (AvgIpc) is 2.18. The molecule has 0 aliphatic heterocycles. The molecule has 0 aliphatic carbocycles. The molecule has 0 spiro atoms. The van der Waals surface area contributed by atoms with Crippen molar-refractivity contribution in [2.45, 2.75) is 0 Å². The van der Waals surface area contributed by atoms with Gasteiger partial charge in [-0.2, -0.15) is 0 Å². The molecule has 0 aliphatic rings. The standard InChI is InChI=1S/C10H6I2N2/c11-7-1-3-13-9(5-7)10-6-8(12)2-4-14-10/h1-6H. The van der Waals surface area contributed by atoms with Crippen LogP contribution in [0, 0.1) is 7.14 Å². The number of aromatic nitrogens is 2. The molecule has 0 fully saturated rings. The van der Waals surface area contributed by atoms with Crippen molar-refractivity contribution in [2.24, 2.45) is 0 Å². The largest absolute Gasteiger partial charge is 0.255 e. The van der Waals surface area contributed by atoms with Crippen LogP contribution in [0.5, 0.6) is 0 Å². The van der Waals surface area contributed by atoms with Gasteiger partial charge in [0.25, 0.3) is 0 Å². The molecule has 14 heavy (non-hydrogen) atoms. The van der Waals surface area contributed by atoms with Crippen LogP contribution in [0.25, 0.3) is 11.4 Å². The minimum absolute atomic E-state index is 0.926. The fraction of sp³-hybridized carbons (Fsp3) is 0. The average molecular weight is 408 g/mol. The molecule has 2 aromatic rings. The summed E-state index contributed by atoms with van der Waals surface area (Å²) in [6.45, 7) is 0. The molecule has 0 N–H and O–H groups in total. The molecule has 2 aromatic heterocycles. The minimum Gasteiger partial charge on any atom is -0.255 e. The Labute approximate surface area is 109 Å². The Bertz CT molecular complexity index is 414. The first-order valence-corrected chi connectivity index (χ1v) is 6.15. The van der Waals surface area contributed by atoms with Gasteiger partial charge in [-0.05, 0) is 69.4 Å². The van der Waals surface area contributed by atoms with Crippen molar-refractivity contribution in [1.82, 2.24) is 9.97 Å². The van der Waals surface area contributed by atoms with Crippen molar-refractivity contribution < 1.29 is 0 Å². The topological polar surface area (TPSA) is 25.8 Å². The summed E-state index contributed by atoms with van der Waals surface area (Å²) in [5.41, 5.74) is 1.85. The lowest BCUT2D eigenvalue weighted by atomic mass is 10.2. The number of hydrogen-bond donors (Lipinski definition) is 0. The molecule has 70 valence electrons. The van der Waals surface area contributed by atoms with Crippen LogP contribution in [-0.4, -0.2) is 9.97 Å². The first-order valence-electron chi connectivity index (χ1n) is 3.99. The van der Waals surface area contributed by atoms with Gasteiger partial charge < -0.3 is 0 Å². The summed E-state index contributed by atoms with van der Waals surface area (Å²) in [7, 11) is 0. The predicted molar refractivity (Wildman–Crippen MR) is 72.9 cm³/mol. The molecule has 2 rings (SSSR count). The van der Waals surface area contributed by atoms with Crippen LogP contribution in [0.2, 0.25) is 0 Å². The lowest BCUT2D eigenvalue weighted by Gasteiger charge is -2.00. The van der Waals surface area contributed by atoms with E-state index in [1.165, 1.54) is 7.14 Å². The van der Waals surface area contributed by atoms with Crippen molar-refractivity contribution in [2.75, 3.05) is 0 Å². The maximum atomic E-state index is 4.28. The van der Waals surface area contributed by atoms with Crippen LogP contribution < -0.4 is 0 Å². The maximum Gasteiger partial charge on any atom is 0.0897 e. The molecule has 0 atom stereocenters. The van der Waals surface area contributed by atoms with E-state index >= 15 is 0 Å².